The minimum absolute atomic E-state index is 0.0983. The predicted molar refractivity (Wildman–Crippen MR) is 59.6 cm³/mol. The van der Waals surface area contributed by atoms with Gasteiger partial charge in [-0.05, 0) is 38.0 Å². The Labute approximate surface area is 85.5 Å². The van der Waals surface area contributed by atoms with Crippen LogP contribution in [0.4, 0.5) is 5.69 Å². The average molecular weight is 191 g/mol. The normalized spacial score (nSPS) is 10.0. The fraction of sp³-hybridized carbons (Fsp3) is 0.417. The average Bonchev–Trinajstić information content (AvgIpc) is 2.13. The highest BCUT2D eigenvalue weighted by Gasteiger charge is 2.11. The second-order valence-electron chi connectivity index (χ2n) is 3.48. The zero-order valence-corrected chi connectivity index (χ0v) is 9.29. The van der Waals surface area contributed by atoms with E-state index in [4.69, 9.17) is 0 Å². The molecular formula is C12H17NO. The minimum Gasteiger partial charge on any atom is -0.313 e. The number of hydrogen-bond donors (Lipinski definition) is 0. The van der Waals surface area contributed by atoms with Crippen molar-refractivity contribution in [3.8, 4) is 0 Å². The van der Waals surface area contributed by atoms with Crippen molar-refractivity contribution >= 4 is 11.6 Å². The predicted octanol–water partition coefficient (Wildman–Crippen LogP) is 2.68. The molecule has 0 aliphatic rings. The van der Waals surface area contributed by atoms with Crippen LogP contribution >= 0.6 is 0 Å². The number of rotatable bonds is 2. The van der Waals surface area contributed by atoms with Gasteiger partial charge in [-0.15, -0.1) is 0 Å². The molecular weight excluding hydrogens is 174 g/mol. The van der Waals surface area contributed by atoms with E-state index in [-0.39, 0.29) is 5.91 Å². The van der Waals surface area contributed by atoms with Crippen molar-refractivity contribution in [3.63, 3.8) is 0 Å². The molecule has 0 saturated carbocycles. The van der Waals surface area contributed by atoms with Crippen LogP contribution in [0.25, 0.3) is 0 Å². The topological polar surface area (TPSA) is 20.3 Å². The van der Waals surface area contributed by atoms with Crippen LogP contribution in [0.1, 0.15) is 25.0 Å². The van der Waals surface area contributed by atoms with Crippen LogP contribution in [-0.4, -0.2) is 12.5 Å². The summed E-state index contributed by atoms with van der Waals surface area (Å²) in [6.45, 7) is 8.43. The molecule has 0 saturated heterocycles. The van der Waals surface area contributed by atoms with Gasteiger partial charge in [-0.25, -0.2) is 0 Å². The molecule has 0 aliphatic carbocycles. The Morgan fingerprint density at radius 2 is 2.00 bits per heavy atom. The fourth-order valence-electron chi connectivity index (χ4n) is 1.59. The molecule has 0 aromatic heterocycles. The summed E-state index contributed by atoms with van der Waals surface area (Å²) >= 11 is 0. The lowest BCUT2D eigenvalue weighted by molar-refractivity contribution is -0.116. The molecule has 0 bridgehead atoms. The molecule has 0 spiro atoms. The smallest absolute Gasteiger partial charge is 0.223 e. The van der Waals surface area contributed by atoms with Gasteiger partial charge in [0.15, 0.2) is 0 Å². The van der Waals surface area contributed by atoms with Gasteiger partial charge < -0.3 is 4.90 Å². The first-order valence-electron chi connectivity index (χ1n) is 4.92. The lowest BCUT2D eigenvalue weighted by atomic mass is 10.1. The van der Waals surface area contributed by atoms with Crippen molar-refractivity contribution in [3.05, 3.63) is 29.3 Å². The Balaban J connectivity index is 3.16. The molecule has 2 nitrogen and oxygen atoms in total. The van der Waals surface area contributed by atoms with Crippen molar-refractivity contribution < 1.29 is 4.79 Å². The highest BCUT2D eigenvalue weighted by Crippen LogP contribution is 2.22. The number of anilines is 1. The van der Waals surface area contributed by atoms with Gasteiger partial charge in [0.25, 0.3) is 0 Å². The molecule has 1 aromatic carbocycles. The highest BCUT2D eigenvalue weighted by atomic mass is 16.2. The quantitative estimate of drug-likeness (QED) is 0.703. The molecule has 14 heavy (non-hydrogen) atoms. The third-order valence-electron chi connectivity index (χ3n) is 2.56. The van der Waals surface area contributed by atoms with Crippen molar-refractivity contribution in [1.82, 2.24) is 0 Å². The van der Waals surface area contributed by atoms with Crippen molar-refractivity contribution in [2.24, 2.45) is 0 Å². The van der Waals surface area contributed by atoms with Crippen LogP contribution < -0.4 is 4.90 Å². The maximum absolute atomic E-state index is 11.4. The van der Waals surface area contributed by atoms with Crippen LogP contribution in [0.3, 0.4) is 0 Å². The number of nitrogens with zero attached hydrogens (tertiary/aromatic N) is 1. The van der Waals surface area contributed by atoms with Gasteiger partial charge >= 0.3 is 0 Å². The van der Waals surface area contributed by atoms with E-state index < -0.39 is 0 Å². The van der Waals surface area contributed by atoms with E-state index in [0.29, 0.717) is 0 Å². The SMILES string of the molecule is CCN(C(C)=O)c1cccc(C)c1C. The van der Waals surface area contributed by atoms with Crippen LogP contribution in [-0.2, 0) is 4.79 Å². The first kappa shape index (κ1) is 10.8. The van der Waals surface area contributed by atoms with E-state index in [0.717, 1.165) is 12.2 Å². The van der Waals surface area contributed by atoms with E-state index in [1.165, 1.54) is 11.1 Å². The molecule has 76 valence electrons. The molecule has 0 atom stereocenters. The van der Waals surface area contributed by atoms with E-state index in [1.807, 2.05) is 19.1 Å². The first-order valence-corrected chi connectivity index (χ1v) is 4.92. The molecule has 0 aliphatic heterocycles. The Morgan fingerprint density at radius 1 is 1.36 bits per heavy atom. The largest absolute Gasteiger partial charge is 0.313 e. The van der Waals surface area contributed by atoms with Gasteiger partial charge in [0.1, 0.15) is 0 Å². The third-order valence-corrected chi connectivity index (χ3v) is 2.56. The number of amides is 1. The summed E-state index contributed by atoms with van der Waals surface area (Å²) in [4.78, 5) is 13.2. The number of hydrogen-bond acceptors (Lipinski definition) is 1. The maximum Gasteiger partial charge on any atom is 0.223 e. The molecule has 0 N–H and O–H groups in total. The van der Waals surface area contributed by atoms with Crippen molar-refractivity contribution in [2.75, 3.05) is 11.4 Å². The summed E-state index contributed by atoms with van der Waals surface area (Å²) in [5, 5.41) is 0. The Kier molecular flexibility index (Phi) is 3.28. The van der Waals surface area contributed by atoms with E-state index in [2.05, 4.69) is 19.9 Å². The summed E-state index contributed by atoms with van der Waals surface area (Å²) in [6.07, 6.45) is 0. The van der Waals surface area contributed by atoms with E-state index in [9.17, 15) is 4.79 Å². The summed E-state index contributed by atoms with van der Waals surface area (Å²) in [6, 6.07) is 6.04. The summed E-state index contributed by atoms with van der Waals surface area (Å²) in [5.74, 6) is 0.0983. The van der Waals surface area contributed by atoms with Gasteiger partial charge in [-0.1, -0.05) is 12.1 Å². The standard InChI is InChI=1S/C12H17NO/c1-5-13(11(4)14)12-8-6-7-9(2)10(12)3/h6-8H,5H2,1-4H3. The molecule has 1 rings (SSSR count). The Morgan fingerprint density at radius 3 is 2.50 bits per heavy atom. The third kappa shape index (κ3) is 1.95. The second-order valence-corrected chi connectivity index (χ2v) is 3.48. The van der Waals surface area contributed by atoms with Crippen LogP contribution in [0.15, 0.2) is 18.2 Å². The minimum atomic E-state index is 0.0983. The monoisotopic (exact) mass is 191 g/mol. The number of aryl methyl sites for hydroxylation is 1. The maximum atomic E-state index is 11.4. The summed E-state index contributed by atoms with van der Waals surface area (Å²) < 4.78 is 0. The van der Waals surface area contributed by atoms with Gasteiger partial charge in [0.2, 0.25) is 5.91 Å². The number of benzene rings is 1. The van der Waals surface area contributed by atoms with Gasteiger partial charge in [-0.2, -0.15) is 0 Å². The molecule has 0 fully saturated rings. The number of carbonyl (C=O) groups excluding carboxylic acids is 1. The van der Waals surface area contributed by atoms with Crippen molar-refractivity contribution in [1.29, 1.82) is 0 Å². The Hall–Kier alpha value is -1.31. The zero-order valence-electron chi connectivity index (χ0n) is 9.29. The second kappa shape index (κ2) is 4.27. The molecule has 0 radical (unpaired) electrons. The first-order chi connectivity index (χ1) is 6.57. The van der Waals surface area contributed by atoms with Crippen LogP contribution in [0, 0.1) is 13.8 Å². The van der Waals surface area contributed by atoms with Gasteiger partial charge in [0, 0.05) is 19.2 Å². The summed E-state index contributed by atoms with van der Waals surface area (Å²) in [7, 11) is 0. The Bertz CT molecular complexity index is 344. The summed E-state index contributed by atoms with van der Waals surface area (Å²) in [5.41, 5.74) is 3.44. The van der Waals surface area contributed by atoms with Gasteiger partial charge in [0.05, 0.1) is 0 Å². The van der Waals surface area contributed by atoms with E-state index >= 15 is 0 Å². The van der Waals surface area contributed by atoms with Crippen LogP contribution in [0.2, 0.25) is 0 Å². The molecule has 2 heteroatoms. The highest BCUT2D eigenvalue weighted by molar-refractivity contribution is 5.92. The molecule has 1 aromatic rings. The van der Waals surface area contributed by atoms with Crippen LogP contribution in [0.5, 0.6) is 0 Å². The lowest BCUT2D eigenvalue weighted by Gasteiger charge is -2.22. The number of carbonyl (C=O) groups is 1. The molecule has 0 heterocycles. The lowest BCUT2D eigenvalue weighted by Crippen LogP contribution is -2.28. The van der Waals surface area contributed by atoms with Crippen molar-refractivity contribution in [2.45, 2.75) is 27.7 Å². The van der Waals surface area contributed by atoms with Gasteiger partial charge in [-0.3, -0.25) is 4.79 Å². The van der Waals surface area contributed by atoms with E-state index in [1.54, 1.807) is 11.8 Å². The zero-order chi connectivity index (χ0) is 10.7. The molecule has 0 unspecified atom stereocenters. The molecule has 1 amide bonds. The fourth-order valence-corrected chi connectivity index (χ4v) is 1.59.